The molecule has 2 aromatic carbocycles. The summed E-state index contributed by atoms with van der Waals surface area (Å²) in [4.78, 5) is 29.5. The Labute approximate surface area is 167 Å². The minimum Gasteiger partial charge on any atom is -0.456 e. The van der Waals surface area contributed by atoms with Crippen LogP contribution >= 0.6 is 0 Å². The first-order valence-corrected chi connectivity index (χ1v) is 9.58. The molecule has 0 bridgehead atoms. The molecule has 4 rings (SSSR count). The van der Waals surface area contributed by atoms with Crippen molar-refractivity contribution in [2.45, 2.75) is 26.4 Å². The third-order valence-electron chi connectivity index (χ3n) is 4.74. The van der Waals surface area contributed by atoms with Crippen LogP contribution in [0.1, 0.15) is 35.0 Å². The molecule has 0 amide bonds. The normalized spacial score (nSPS) is 10.9. The van der Waals surface area contributed by atoms with Crippen molar-refractivity contribution in [3.05, 3.63) is 93.9 Å². The molecule has 2 heterocycles. The van der Waals surface area contributed by atoms with E-state index in [4.69, 9.17) is 4.74 Å². The van der Waals surface area contributed by atoms with Crippen molar-refractivity contribution in [2.75, 3.05) is 0 Å². The number of esters is 1. The van der Waals surface area contributed by atoms with Crippen LogP contribution in [0, 0.1) is 0 Å². The molecule has 0 spiro atoms. The maximum Gasteiger partial charge on any atom is 0.356 e. The second-order valence-corrected chi connectivity index (χ2v) is 6.80. The molecule has 0 aliphatic carbocycles. The predicted molar refractivity (Wildman–Crippen MR) is 111 cm³/mol. The fourth-order valence-electron chi connectivity index (χ4n) is 3.29. The van der Waals surface area contributed by atoms with E-state index in [-0.39, 0.29) is 17.9 Å². The lowest BCUT2D eigenvalue weighted by Crippen LogP contribution is -2.15. The number of hydrogen-bond donors (Lipinski definition) is 1. The summed E-state index contributed by atoms with van der Waals surface area (Å²) in [6, 6.07) is 20.3. The van der Waals surface area contributed by atoms with Gasteiger partial charge in [-0.25, -0.2) is 14.3 Å². The minimum atomic E-state index is -0.525. The maximum atomic E-state index is 12.5. The molecule has 6 heteroatoms. The van der Waals surface area contributed by atoms with E-state index < -0.39 is 5.97 Å². The Balaban J connectivity index is 1.57. The van der Waals surface area contributed by atoms with Gasteiger partial charge >= 0.3 is 5.97 Å². The fraction of sp³-hybridized carbons (Fsp3) is 0.174. The van der Waals surface area contributed by atoms with Crippen molar-refractivity contribution < 1.29 is 9.53 Å². The van der Waals surface area contributed by atoms with Crippen LogP contribution in [0.15, 0.2) is 71.5 Å². The van der Waals surface area contributed by atoms with E-state index in [1.807, 2.05) is 54.6 Å². The highest BCUT2D eigenvalue weighted by atomic mass is 16.5. The van der Waals surface area contributed by atoms with Crippen LogP contribution in [0.4, 0.5) is 0 Å². The molecule has 0 unspecified atom stereocenters. The zero-order valence-corrected chi connectivity index (χ0v) is 16.1. The van der Waals surface area contributed by atoms with Gasteiger partial charge in [-0.3, -0.25) is 9.89 Å². The lowest BCUT2D eigenvalue weighted by Gasteiger charge is -2.08. The van der Waals surface area contributed by atoms with E-state index >= 15 is 0 Å². The predicted octanol–water partition coefficient (Wildman–Crippen LogP) is 4.00. The van der Waals surface area contributed by atoms with Crippen molar-refractivity contribution in [2.24, 2.45) is 0 Å². The van der Waals surface area contributed by atoms with E-state index in [2.05, 4.69) is 17.0 Å². The van der Waals surface area contributed by atoms with Crippen LogP contribution in [0.25, 0.3) is 16.9 Å². The van der Waals surface area contributed by atoms with Gasteiger partial charge in [0.25, 0.3) is 5.56 Å². The van der Waals surface area contributed by atoms with Gasteiger partial charge in [0.2, 0.25) is 0 Å². The summed E-state index contributed by atoms with van der Waals surface area (Å²) >= 11 is 0. The highest BCUT2D eigenvalue weighted by Crippen LogP contribution is 2.17. The topological polar surface area (TPSA) is 76.5 Å². The molecule has 0 aliphatic heterocycles. The smallest absolute Gasteiger partial charge is 0.356 e. The standard InChI is InChI=1S/C23H21N3O3/c1-2-8-16-9-6-7-12-18(16)15-29-23(28)20-13-21-24-19(14-22(27)26(21)25-20)17-10-4-3-5-11-17/h3-7,9-14,25H,2,8,15H2,1H3. The molecule has 0 saturated carbocycles. The molecule has 0 saturated heterocycles. The number of carbonyl (C=O) groups is 1. The van der Waals surface area contributed by atoms with E-state index in [9.17, 15) is 9.59 Å². The largest absolute Gasteiger partial charge is 0.456 e. The van der Waals surface area contributed by atoms with Crippen molar-refractivity contribution >= 4 is 11.6 Å². The number of aryl methyl sites for hydroxylation is 1. The first-order valence-electron chi connectivity index (χ1n) is 9.58. The van der Waals surface area contributed by atoms with Gasteiger partial charge in [0.1, 0.15) is 12.3 Å². The first-order chi connectivity index (χ1) is 14.2. The van der Waals surface area contributed by atoms with Gasteiger partial charge in [-0.15, -0.1) is 0 Å². The van der Waals surface area contributed by atoms with Gasteiger partial charge in [0, 0.05) is 17.7 Å². The number of benzene rings is 2. The van der Waals surface area contributed by atoms with Crippen molar-refractivity contribution in [1.82, 2.24) is 14.6 Å². The second-order valence-electron chi connectivity index (χ2n) is 6.80. The lowest BCUT2D eigenvalue weighted by atomic mass is 10.0. The number of fused-ring (bicyclic) bond motifs is 1. The van der Waals surface area contributed by atoms with Crippen LogP contribution in [-0.4, -0.2) is 20.6 Å². The van der Waals surface area contributed by atoms with Crippen LogP contribution < -0.4 is 5.56 Å². The minimum absolute atomic E-state index is 0.183. The summed E-state index contributed by atoms with van der Waals surface area (Å²) in [7, 11) is 0. The number of ether oxygens (including phenoxy) is 1. The summed E-state index contributed by atoms with van der Waals surface area (Å²) in [5, 5.41) is 2.79. The third-order valence-corrected chi connectivity index (χ3v) is 4.74. The molecule has 0 fully saturated rings. The summed E-state index contributed by atoms with van der Waals surface area (Å²) in [5.74, 6) is -0.525. The SMILES string of the molecule is CCCc1ccccc1COC(=O)c1cc2nc(-c3ccccc3)cc(=O)n2[nH]1. The molecule has 146 valence electrons. The lowest BCUT2D eigenvalue weighted by molar-refractivity contribution is 0.0464. The zero-order chi connectivity index (χ0) is 20.2. The number of nitrogens with zero attached hydrogens (tertiary/aromatic N) is 2. The Hall–Kier alpha value is -3.67. The number of hydrogen-bond acceptors (Lipinski definition) is 4. The van der Waals surface area contributed by atoms with Gasteiger partial charge in [-0.1, -0.05) is 67.9 Å². The van der Waals surface area contributed by atoms with Crippen molar-refractivity contribution in [1.29, 1.82) is 0 Å². The number of carbonyl (C=O) groups excluding carboxylic acids is 1. The molecular weight excluding hydrogens is 366 g/mol. The number of aromatic amines is 1. The quantitative estimate of drug-likeness (QED) is 0.508. The second kappa shape index (κ2) is 8.14. The van der Waals surface area contributed by atoms with Gasteiger partial charge in [-0.2, -0.15) is 0 Å². The van der Waals surface area contributed by atoms with Crippen molar-refractivity contribution in [3.63, 3.8) is 0 Å². The highest BCUT2D eigenvalue weighted by molar-refractivity contribution is 5.88. The Kier molecular flexibility index (Phi) is 5.24. The Bertz CT molecular complexity index is 1210. The van der Waals surface area contributed by atoms with Crippen LogP contribution in [0.2, 0.25) is 0 Å². The average Bonchev–Trinajstić information content (AvgIpc) is 3.19. The molecule has 6 nitrogen and oxygen atoms in total. The van der Waals surface area contributed by atoms with E-state index in [1.54, 1.807) is 0 Å². The number of H-pyrrole nitrogens is 1. The highest BCUT2D eigenvalue weighted by Gasteiger charge is 2.15. The number of aromatic nitrogens is 3. The Morgan fingerprint density at radius 2 is 1.76 bits per heavy atom. The molecular formula is C23H21N3O3. The van der Waals surface area contributed by atoms with Crippen LogP contribution in [0.3, 0.4) is 0 Å². The average molecular weight is 387 g/mol. The summed E-state index contributed by atoms with van der Waals surface area (Å²) in [6.45, 7) is 2.30. The monoisotopic (exact) mass is 387 g/mol. The fourth-order valence-corrected chi connectivity index (χ4v) is 3.29. The van der Waals surface area contributed by atoms with E-state index in [1.165, 1.54) is 22.2 Å². The number of nitrogens with one attached hydrogen (secondary N) is 1. The number of rotatable bonds is 6. The molecule has 2 aromatic heterocycles. The van der Waals surface area contributed by atoms with E-state index in [0.29, 0.717) is 11.3 Å². The first kappa shape index (κ1) is 18.7. The van der Waals surface area contributed by atoms with E-state index in [0.717, 1.165) is 24.0 Å². The third kappa shape index (κ3) is 3.96. The van der Waals surface area contributed by atoms with Crippen LogP contribution in [-0.2, 0) is 17.8 Å². The molecule has 29 heavy (non-hydrogen) atoms. The molecule has 0 aliphatic rings. The van der Waals surface area contributed by atoms with Gasteiger partial charge in [0.15, 0.2) is 5.65 Å². The molecule has 1 N–H and O–H groups in total. The summed E-state index contributed by atoms with van der Waals surface area (Å²) in [6.07, 6.45) is 1.95. The maximum absolute atomic E-state index is 12.5. The van der Waals surface area contributed by atoms with Gasteiger partial charge in [0.05, 0.1) is 5.69 Å². The molecule has 0 atom stereocenters. The van der Waals surface area contributed by atoms with Gasteiger partial charge in [-0.05, 0) is 17.5 Å². The Morgan fingerprint density at radius 3 is 2.52 bits per heavy atom. The summed E-state index contributed by atoms with van der Waals surface area (Å²) in [5.41, 5.74) is 3.82. The Morgan fingerprint density at radius 1 is 1.03 bits per heavy atom. The van der Waals surface area contributed by atoms with Crippen molar-refractivity contribution in [3.8, 4) is 11.3 Å². The zero-order valence-electron chi connectivity index (χ0n) is 16.1. The molecule has 4 aromatic rings. The molecule has 0 radical (unpaired) electrons. The van der Waals surface area contributed by atoms with Gasteiger partial charge < -0.3 is 4.74 Å². The van der Waals surface area contributed by atoms with Crippen LogP contribution in [0.5, 0.6) is 0 Å². The summed E-state index contributed by atoms with van der Waals surface area (Å²) < 4.78 is 6.72.